The first kappa shape index (κ1) is 18.5. The molecule has 2 aliphatic rings. The van der Waals surface area contributed by atoms with Gasteiger partial charge in [0.05, 0.1) is 5.69 Å². The molecule has 5 rings (SSSR count). The third-order valence-electron chi connectivity index (χ3n) is 5.04. The maximum absolute atomic E-state index is 12.6. The fourth-order valence-electron chi connectivity index (χ4n) is 3.68. The lowest BCUT2D eigenvalue weighted by atomic mass is 10.1. The van der Waals surface area contributed by atoms with E-state index in [2.05, 4.69) is 0 Å². The second-order valence-electron chi connectivity index (χ2n) is 6.99. The van der Waals surface area contributed by atoms with Gasteiger partial charge in [0.2, 0.25) is 6.79 Å². The molecule has 2 heterocycles. The van der Waals surface area contributed by atoms with Crippen LogP contribution in [0.25, 0.3) is 0 Å². The molecule has 2 aliphatic heterocycles. The molecule has 150 valence electrons. The Balaban J connectivity index is 1.68. The predicted molar refractivity (Wildman–Crippen MR) is 116 cm³/mol. The molecule has 0 aromatic heterocycles. The zero-order chi connectivity index (χ0) is 20.7. The number of carbonyl (C=O) groups excluding carboxylic acids is 1. The molecule has 7 heteroatoms. The van der Waals surface area contributed by atoms with Gasteiger partial charge in [-0.05, 0) is 48.5 Å². The maximum atomic E-state index is 12.6. The van der Waals surface area contributed by atoms with Gasteiger partial charge < -0.3 is 9.47 Å². The summed E-state index contributed by atoms with van der Waals surface area (Å²) in [6, 6.07) is 22.9. The number of amidine groups is 1. The highest BCUT2D eigenvalue weighted by atomic mass is 35.5. The van der Waals surface area contributed by atoms with Crippen LogP contribution in [-0.4, -0.2) is 18.4 Å². The molecule has 0 saturated heterocycles. The van der Waals surface area contributed by atoms with Crippen molar-refractivity contribution < 1.29 is 14.3 Å². The van der Waals surface area contributed by atoms with Gasteiger partial charge in [-0.2, -0.15) is 0 Å². The van der Waals surface area contributed by atoms with E-state index in [0.29, 0.717) is 22.4 Å². The van der Waals surface area contributed by atoms with Crippen LogP contribution >= 0.6 is 11.6 Å². The van der Waals surface area contributed by atoms with E-state index in [0.717, 1.165) is 16.9 Å². The summed E-state index contributed by atoms with van der Waals surface area (Å²) in [5.41, 5.74) is 2.60. The Hall–Kier alpha value is -3.51. The second-order valence-corrected chi connectivity index (χ2v) is 7.43. The molecule has 0 radical (unpaired) electrons. The predicted octanol–water partition coefficient (Wildman–Crippen LogP) is 5.00. The van der Waals surface area contributed by atoms with Gasteiger partial charge in [0.15, 0.2) is 29.3 Å². The van der Waals surface area contributed by atoms with E-state index >= 15 is 0 Å². The number of hydrazone groups is 1. The maximum Gasteiger partial charge on any atom is 0.231 e. The van der Waals surface area contributed by atoms with E-state index in [1.165, 1.54) is 6.92 Å². The number of hydrogen-bond donors (Lipinski definition) is 0. The zero-order valence-electron chi connectivity index (χ0n) is 16.2. The molecule has 0 amide bonds. The van der Waals surface area contributed by atoms with E-state index in [-0.39, 0.29) is 18.7 Å². The van der Waals surface area contributed by atoms with Gasteiger partial charge in [0, 0.05) is 23.2 Å². The number of benzene rings is 3. The van der Waals surface area contributed by atoms with Crippen LogP contribution in [0.5, 0.6) is 11.5 Å². The zero-order valence-corrected chi connectivity index (χ0v) is 16.9. The molecule has 30 heavy (non-hydrogen) atoms. The number of rotatable bonds is 4. The minimum absolute atomic E-state index is 0.124. The molecule has 0 N–H and O–H groups in total. The van der Waals surface area contributed by atoms with Gasteiger partial charge in [-0.3, -0.25) is 9.69 Å². The van der Waals surface area contributed by atoms with Gasteiger partial charge in [0.25, 0.3) is 0 Å². The quantitative estimate of drug-likeness (QED) is 0.595. The summed E-state index contributed by atoms with van der Waals surface area (Å²) in [6.07, 6.45) is -0.387. The number of fused-ring (bicyclic) bond motifs is 1. The molecular weight excluding hydrogens is 402 g/mol. The Labute approximate surface area is 178 Å². The number of ketones is 1. The SMILES string of the molecule is CC(=O)C1=NN(c2ccc(Cl)cc2)C(c2ccc3c(c2)OCO3)N1c1ccccc1. The molecule has 1 atom stereocenters. The summed E-state index contributed by atoms with van der Waals surface area (Å²) in [6.45, 7) is 1.72. The molecule has 0 spiro atoms. The van der Waals surface area contributed by atoms with Crippen molar-refractivity contribution in [1.29, 1.82) is 0 Å². The second kappa shape index (κ2) is 7.39. The summed E-state index contributed by atoms with van der Waals surface area (Å²) in [5, 5.41) is 7.17. The van der Waals surface area contributed by atoms with Crippen molar-refractivity contribution in [2.24, 2.45) is 5.10 Å². The third kappa shape index (κ3) is 3.15. The summed E-state index contributed by atoms with van der Waals surface area (Å²) in [4.78, 5) is 14.5. The van der Waals surface area contributed by atoms with Crippen molar-refractivity contribution in [1.82, 2.24) is 0 Å². The van der Waals surface area contributed by atoms with Gasteiger partial charge in [0.1, 0.15) is 0 Å². The molecule has 0 aliphatic carbocycles. The van der Waals surface area contributed by atoms with Crippen LogP contribution in [0, 0.1) is 0 Å². The van der Waals surface area contributed by atoms with Gasteiger partial charge in [-0.1, -0.05) is 35.9 Å². The van der Waals surface area contributed by atoms with E-state index < -0.39 is 0 Å². The minimum atomic E-state index is -0.387. The number of anilines is 2. The highest BCUT2D eigenvalue weighted by molar-refractivity contribution is 6.44. The molecule has 0 bridgehead atoms. The smallest absolute Gasteiger partial charge is 0.231 e. The standard InChI is InChI=1S/C23H18ClN3O3/c1-15(28)22-25-27(19-10-8-17(24)9-11-19)23(26(22)18-5-3-2-4-6-18)16-7-12-20-21(13-16)30-14-29-20/h2-13,23H,14H2,1H3. The van der Waals surface area contributed by atoms with Gasteiger partial charge in [-0.15, -0.1) is 5.10 Å². The molecule has 0 saturated carbocycles. The molecule has 0 fully saturated rings. The topological polar surface area (TPSA) is 54.4 Å². The van der Waals surface area contributed by atoms with E-state index in [1.54, 1.807) is 0 Å². The number of Topliss-reactive ketones (excluding diaryl/α,β-unsaturated/α-hetero) is 1. The van der Waals surface area contributed by atoms with Crippen LogP contribution in [-0.2, 0) is 4.79 Å². The fraction of sp³-hybridized carbons (Fsp3) is 0.130. The van der Waals surface area contributed by atoms with E-state index in [1.807, 2.05) is 82.7 Å². The number of hydrogen-bond acceptors (Lipinski definition) is 6. The first-order valence-electron chi connectivity index (χ1n) is 9.50. The lowest BCUT2D eigenvalue weighted by molar-refractivity contribution is -0.111. The number of para-hydroxylation sites is 1. The van der Waals surface area contributed by atoms with E-state index in [9.17, 15) is 4.79 Å². The monoisotopic (exact) mass is 419 g/mol. The van der Waals surface area contributed by atoms with E-state index in [4.69, 9.17) is 26.2 Å². The Morgan fingerprint density at radius 3 is 2.43 bits per heavy atom. The average molecular weight is 420 g/mol. The minimum Gasteiger partial charge on any atom is -0.454 e. The van der Waals surface area contributed by atoms with Crippen molar-refractivity contribution in [2.75, 3.05) is 16.7 Å². The normalized spacial score (nSPS) is 17.3. The first-order chi connectivity index (χ1) is 14.6. The summed E-state index contributed by atoms with van der Waals surface area (Å²) in [5.74, 6) is 1.61. The molecule has 6 nitrogen and oxygen atoms in total. The molecular formula is C23H18ClN3O3. The van der Waals surface area contributed by atoms with Crippen LogP contribution in [0.1, 0.15) is 18.7 Å². The van der Waals surface area contributed by atoms with Gasteiger partial charge in [-0.25, -0.2) is 5.01 Å². The van der Waals surface area contributed by atoms with Crippen molar-refractivity contribution in [3.8, 4) is 11.5 Å². The van der Waals surface area contributed by atoms with Crippen molar-refractivity contribution >= 4 is 34.6 Å². The lowest BCUT2D eigenvalue weighted by Gasteiger charge is -2.32. The Morgan fingerprint density at radius 2 is 1.70 bits per heavy atom. The average Bonchev–Trinajstić information content (AvgIpc) is 3.39. The van der Waals surface area contributed by atoms with Crippen molar-refractivity contribution in [2.45, 2.75) is 13.1 Å². The lowest BCUT2D eigenvalue weighted by Crippen LogP contribution is -2.37. The molecule has 1 unspecified atom stereocenters. The van der Waals surface area contributed by atoms with Crippen LogP contribution in [0.2, 0.25) is 5.02 Å². The van der Waals surface area contributed by atoms with Crippen molar-refractivity contribution in [3.63, 3.8) is 0 Å². The largest absolute Gasteiger partial charge is 0.454 e. The number of carbonyl (C=O) groups is 1. The Bertz CT molecular complexity index is 1130. The first-order valence-corrected chi connectivity index (χ1v) is 9.88. The van der Waals surface area contributed by atoms with Crippen molar-refractivity contribution in [3.05, 3.63) is 83.4 Å². The van der Waals surface area contributed by atoms with Crippen LogP contribution in [0.3, 0.4) is 0 Å². The summed E-state index contributed by atoms with van der Waals surface area (Å²) < 4.78 is 11.1. The summed E-state index contributed by atoms with van der Waals surface area (Å²) in [7, 11) is 0. The summed E-state index contributed by atoms with van der Waals surface area (Å²) >= 11 is 6.09. The molecule has 3 aromatic carbocycles. The highest BCUT2D eigenvalue weighted by Crippen LogP contribution is 2.42. The number of halogens is 1. The Morgan fingerprint density at radius 1 is 0.967 bits per heavy atom. The molecule has 3 aromatic rings. The number of nitrogens with zero attached hydrogens (tertiary/aromatic N) is 3. The van der Waals surface area contributed by atoms with Gasteiger partial charge >= 0.3 is 0 Å². The van der Waals surface area contributed by atoms with Crippen LogP contribution < -0.4 is 19.4 Å². The fourth-order valence-corrected chi connectivity index (χ4v) is 3.80. The van der Waals surface area contributed by atoms with Crippen LogP contribution in [0.15, 0.2) is 77.9 Å². The Kier molecular flexibility index (Phi) is 4.56. The van der Waals surface area contributed by atoms with Crippen LogP contribution in [0.4, 0.5) is 11.4 Å². The third-order valence-corrected chi connectivity index (χ3v) is 5.29. The highest BCUT2D eigenvalue weighted by Gasteiger charge is 2.39. The number of ether oxygens (including phenoxy) is 2.